The molecule has 0 saturated heterocycles. The minimum absolute atomic E-state index is 0.147. The van der Waals surface area contributed by atoms with Crippen LogP contribution in [0, 0.1) is 0 Å². The molecule has 13 heavy (non-hydrogen) atoms. The highest BCUT2D eigenvalue weighted by molar-refractivity contribution is 6.30. The molecule has 5 heteroatoms. The van der Waals surface area contributed by atoms with Crippen LogP contribution in [0.5, 0.6) is 0 Å². The topological polar surface area (TPSA) is 59.2 Å². The van der Waals surface area contributed by atoms with E-state index in [1.165, 1.54) is 6.20 Å². The average molecular weight is 200 g/mol. The molecule has 0 aliphatic heterocycles. The smallest absolute Gasteiger partial charge is 0.236 e. The Bertz CT molecular complexity index is 299. The molecule has 0 aliphatic carbocycles. The number of nitrogens with two attached hydrogens (primary N) is 1. The van der Waals surface area contributed by atoms with Crippen molar-refractivity contribution in [2.45, 2.75) is 0 Å². The summed E-state index contributed by atoms with van der Waals surface area (Å²) < 4.78 is 0. The summed E-state index contributed by atoms with van der Waals surface area (Å²) in [5, 5.41) is 0.566. The molecule has 1 rings (SSSR count). The fourth-order valence-corrected chi connectivity index (χ4v) is 1.02. The summed E-state index contributed by atoms with van der Waals surface area (Å²) in [5.74, 6) is 0.280. The van der Waals surface area contributed by atoms with Gasteiger partial charge in [-0.1, -0.05) is 11.6 Å². The van der Waals surface area contributed by atoms with Crippen molar-refractivity contribution in [2.24, 2.45) is 5.73 Å². The highest BCUT2D eigenvalue weighted by Gasteiger charge is 2.04. The Morgan fingerprint density at radius 1 is 1.69 bits per heavy atom. The number of hydrogen-bond donors (Lipinski definition) is 1. The molecule has 1 aromatic rings. The SMILES string of the molecule is CN(CC(N)=O)c1ccc(Cl)cn1. The van der Waals surface area contributed by atoms with Gasteiger partial charge in [-0.25, -0.2) is 4.98 Å². The largest absolute Gasteiger partial charge is 0.368 e. The fourth-order valence-electron chi connectivity index (χ4n) is 0.909. The van der Waals surface area contributed by atoms with Gasteiger partial charge < -0.3 is 10.6 Å². The van der Waals surface area contributed by atoms with Gasteiger partial charge in [0.15, 0.2) is 0 Å². The lowest BCUT2D eigenvalue weighted by Crippen LogP contribution is -2.30. The van der Waals surface area contributed by atoms with Crippen LogP contribution >= 0.6 is 11.6 Å². The van der Waals surface area contributed by atoms with Crippen LogP contribution in [0.3, 0.4) is 0 Å². The summed E-state index contributed by atoms with van der Waals surface area (Å²) in [6.45, 7) is 0.147. The van der Waals surface area contributed by atoms with Gasteiger partial charge in [0, 0.05) is 13.2 Å². The van der Waals surface area contributed by atoms with E-state index < -0.39 is 0 Å². The number of aromatic nitrogens is 1. The Kier molecular flexibility index (Phi) is 3.08. The molecule has 0 unspecified atom stereocenters. The van der Waals surface area contributed by atoms with Gasteiger partial charge in [-0.3, -0.25) is 4.79 Å². The number of hydrogen-bond acceptors (Lipinski definition) is 3. The van der Waals surface area contributed by atoms with E-state index in [1.807, 2.05) is 0 Å². The van der Waals surface area contributed by atoms with Gasteiger partial charge in [-0.2, -0.15) is 0 Å². The third-order valence-corrected chi connectivity index (χ3v) is 1.72. The molecule has 1 amide bonds. The zero-order valence-corrected chi connectivity index (χ0v) is 7.95. The Hall–Kier alpha value is -1.29. The highest BCUT2D eigenvalue weighted by Crippen LogP contribution is 2.12. The lowest BCUT2D eigenvalue weighted by molar-refractivity contribution is -0.116. The molecule has 4 nitrogen and oxygen atoms in total. The maximum Gasteiger partial charge on any atom is 0.236 e. The highest BCUT2D eigenvalue weighted by atomic mass is 35.5. The van der Waals surface area contributed by atoms with Crippen LogP contribution in [-0.4, -0.2) is 24.5 Å². The summed E-state index contributed by atoms with van der Waals surface area (Å²) >= 11 is 5.65. The molecule has 0 saturated carbocycles. The number of carbonyl (C=O) groups excluding carboxylic acids is 1. The van der Waals surface area contributed by atoms with E-state index in [1.54, 1.807) is 24.1 Å². The molecule has 0 aromatic carbocycles. The first-order valence-electron chi connectivity index (χ1n) is 3.70. The Morgan fingerprint density at radius 3 is 2.85 bits per heavy atom. The minimum atomic E-state index is -0.390. The molecule has 0 spiro atoms. The van der Waals surface area contributed by atoms with Crippen LogP contribution in [0.15, 0.2) is 18.3 Å². The van der Waals surface area contributed by atoms with Crippen molar-refractivity contribution in [3.63, 3.8) is 0 Å². The Balaban J connectivity index is 2.71. The molecule has 70 valence electrons. The first-order valence-corrected chi connectivity index (χ1v) is 4.08. The van der Waals surface area contributed by atoms with E-state index in [0.29, 0.717) is 10.8 Å². The number of carbonyl (C=O) groups is 1. The summed E-state index contributed by atoms with van der Waals surface area (Å²) in [6.07, 6.45) is 1.52. The van der Waals surface area contributed by atoms with E-state index in [9.17, 15) is 4.79 Å². The van der Waals surface area contributed by atoms with Crippen LogP contribution < -0.4 is 10.6 Å². The van der Waals surface area contributed by atoms with E-state index in [2.05, 4.69) is 4.98 Å². The average Bonchev–Trinajstić information content (AvgIpc) is 2.04. The van der Waals surface area contributed by atoms with E-state index in [-0.39, 0.29) is 12.5 Å². The van der Waals surface area contributed by atoms with Crippen molar-refractivity contribution in [3.05, 3.63) is 23.4 Å². The fraction of sp³-hybridized carbons (Fsp3) is 0.250. The van der Waals surface area contributed by atoms with Gasteiger partial charge in [-0.05, 0) is 12.1 Å². The Morgan fingerprint density at radius 2 is 2.38 bits per heavy atom. The number of primary amides is 1. The van der Waals surface area contributed by atoms with Crippen LogP contribution in [0.1, 0.15) is 0 Å². The number of anilines is 1. The maximum atomic E-state index is 10.6. The Labute approximate surface area is 81.3 Å². The molecule has 0 aliphatic rings. The van der Waals surface area contributed by atoms with Crippen LogP contribution in [0.4, 0.5) is 5.82 Å². The summed E-state index contributed by atoms with van der Waals surface area (Å²) in [5.41, 5.74) is 5.03. The second kappa shape index (κ2) is 4.09. The quantitative estimate of drug-likeness (QED) is 0.778. The third kappa shape index (κ3) is 2.91. The van der Waals surface area contributed by atoms with Crippen molar-refractivity contribution >= 4 is 23.3 Å². The van der Waals surface area contributed by atoms with E-state index in [0.717, 1.165) is 0 Å². The van der Waals surface area contributed by atoms with Crippen LogP contribution in [0.2, 0.25) is 5.02 Å². The lowest BCUT2D eigenvalue weighted by atomic mass is 10.4. The van der Waals surface area contributed by atoms with Gasteiger partial charge >= 0.3 is 0 Å². The van der Waals surface area contributed by atoms with Crippen molar-refractivity contribution in [2.75, 3.05) is 18.5 Å². The molecule has 0 fully saturated rings. The van der Waals surface area contributed by atoms with Crippen molar-refractivity contribution in [1.29, 1.82) is 0 Å². The summed E-state index contributed by atoms with van der Waals surface area (Å²) in [7, 11) is 1.74. The normalized spacial score (nSPS) is 9.69. The molecular weight excluding hydrogens is 190 g/mol. The predicted octanol–water partition coefficient (Wildman–Crippen LogP) is 0.656. The van der Waals surface area contributed by atoms with Crippen molar-refractivity contribution in [3.8, 4) is 0 Å². The number of pyridine rings is 1. The predicted molar refractivity (Wildman–Crippen MR) is 51.7 cm³/mol. The standard InChI is InChI=1S/C8H10ClN3O/c1-12(5-7(10)13)8-3-2-6(9)4-11-8/h2-4H,5H2,1H3,(H2,10,13). The third-order valence-electron chi connectivity index (χ3n) is 1.50. The van der Waals surface area contributed by atoms with Gasteiger partial charge in [0.1, 0.15) is 5.82 Å². The number of halogens is 1. The molecule has 1 heterocycles. The van der Waals surface area contributed by atoms with E-state index >= 15 is 0 Å². The molecule has 0 bridgehead atoms. The second-order valence-electron chi connectivity index (χ2n) is 2.66. The lowest BCUT2D eigenvalue weighted by Gasteiger charge is -2.15. The minimum Gasteiger partial charge on any atom is -0.368 e. The zero-order valence-electron chi connectivity index (χ0n) is 7.20. The van der Waals surface area contributed by atoms with Crippen molar-refractivity contribution < 1.29 is 4.79 Å². The monoisotopic (exact) mass is 199 g/mol. The van der Waals surface area contributed by atoms with Gasteiger partial charge in [0.2, 0.25) is 5.91 Å². The first-order chi connectivity index (χ1) is 6.09. The molecule has 0 atom stereocenters. The van der Waals surface area contributed by atoms with Crippen LogP contribution in [0.25, 0.3) is 0 Å². The number of rotatable bonds is 3. The van der Waals surface area contributed by atoms with Gasteiger partial charge in [0.25, 0.3) is 0 Å². The number of nitrogens with zero attached hydrogens (tertiary/aromatic N) is 2. The second-order valence-corrected chi connectivity index (χ2v) is 3.09. The van der Waals surface area contributed by atoms with Crippen LogP contribution in [-0.2, 0) is 4.79 Å². The molecular formula is C8H10ClN3O. The number of amides is 1. The summed E-state index contributed by atoms with van der Waals surface area (Å²) in [4.78, 5) is 16.2. The summed E-state index contributed by atoms with van der Waals surface area (Å²) in [6, 6.07) is 3.44. The maximum absolute atomic E-state index is 10.6. The van der Waals surface area contributed by atoms with Crippen molar-refractivity contribution in [1.82, 2.24) is 4.98 Å². The van der Waals surface area contributed by atoms with E-state index in [4.69, 9.17) is 17.3 Å². The number of likely N-dealkylation sites (N-methyl/N-ethyl adjacent to an activating group) is 1. The van der Waals surface area contributed by atoms with Gasteiger partial charge in [0.05, 0.1) is 11.6 Å². The van der Waals surface area contributed by atoms with Gasteiger partial charge in [-0.15, -0.1) is 0 Å². The first kappa shape index (κ1) is 9.80. The molecule has 1 aromatic heterocycles. The molecule has 0 radical (unpaired) electrons. The zero-order chi connectivity index (χ0) is 9.84. The molecule has 2 N–H and O–H groups in total.